The zero-order chi connectivity index (χ0) is 17.5. The van der Waals surface area contributed by atoms with Crippen molar-refractivity contribution in [2.24, 2.45) is 5.73 Å². The molecule has 0 aliphatic rings. The quantitative estimate of drug-likeness (QED) is 0.737. The van der Waals surface area contributed by atoms with E-state index in [0.717, 1.165) is 15.6 Å². The number of amides is 2. The van der Waals surface area contributed by atoms with Crippen LogP contribution < -0.4 is 11.1 Å². The number of benzene rings is 2. The van der Waals surface area contributed by atoms with Crippen molar-refractivity contribution in [3.05, 3.63) is 69.2 Å². The summed E-state index contributed by atoms with van der Waals surface area (Å²) >= 11 is 9.39. The highest BCUT2D eigenvalue weighted by atomic mass is 79.9. The van der Waals surface area contributed by atoms with E-state index in [-0.39, 0.29) is 12.3 Å². The van der Waals surface area contributed by atoms with Crippen molar-refractivity contribution in [1.82, 2.24) is 5.32 Å². The minimum absolute atomic E-state index is 0.208. The fraction of sp³-hybridized carbons (Fsp3) is 0.222. The molecule has 0 radical (unpaired) electrons. The van der Waals surface area contributed by atoms with E-state index in [2.05, 4.69) is 21.2 Å². The van der Waals surface area contributed by atoms with Gasteiger partial charge in [0.25, 0.3) is 0 Å². The number of rotatable bonds is 7. The second-order valence-electron chi connectivity index (χ2n) is 5.45. The molecule has 0 saturated carbocycles. The highest BCUT2D eigenvalue weighted by Crippen LogP contribution is 2.22. The van der Waals surface area contributed by atoms with Crippen molar-refractivity contribution in [2.75, 3.05) is 0 Å². The van der Waals surface area contributed by atoms with E-state index in [1.54, 1.807) is 18.2 Å². The molecule has 2 aromatic rings. The lowest BCUT2D eigenvalue weighted by molar-refractivity contribution is -0.127. The first-order valence-corrected chi connectivity index (χ1v) is 8.69. The Labute approximate surface area is 154 Å². The Morgan fingerprint density at radius 2 is 1.88 bits per heavy atom. The maximum Gasteiger partial charge on any atom is 0.240 e. The lowest BCUT2D eigenvalue weighted by Gasteiger charge is -2.16. The van der Waals surface area contributed by atoms with E-state index >= 15 is 0 Å². The standard InChI is InChI=1S/C18H18BrClN2O2/c19-15-8-7-14(20)10-13(15)11-16(18(21)24)22-17(23)9-6-12-4-2-1-3-5-12/h1-5,7-8,10,16H,6,9,11H2,(H2,21,24)(H,22,23)/t16-/m1/s1. The third-order valence-electron chi connectivity index (χ3n) is 3.59. The van der Waals surface area contributed by atoms with Crippen LogP contribution in [-0.2, 0) is 22.4 Å². The summed E-state index contributed by atoms with van der Waals surface area (Å²) in [6.45, 7) is 0. The summed E-state index contributed by atoms with van der Waals surface area (Å²) in [5.41, 5.74) is 7.31. The average molecular weight is 410 g/mol. The van der Waals surface area contributed by atoms with Crippen molar-refractivity contribution >= 4 is 39.3 Å². The average Bonchev–Trinajstić information content (AvgIpc) is 2.56. The number of primary amides is 1. The molecular weight excluding hydrogens is 392 g/mol. The van der Waals surface area contributed by atoms with Gasteiger partial charge in [0.1, 0.15) is 6.04 Å². The molecule has 0 fully saturated rings. The number of nitrogens with one attached hydrogen (secondary N) is 1. The predicted octanol–water partition coefficient (Wildman–Crippen LogP) is 3.25. The fourth-order valence-electron chi connectivity index (χ4n) is 2.31. The molecule has 126 valence electrons. The minimum atomic E-state index is -0.775. The molecule has 1 atom stereocenters. The number of hydrogen-bond donors (Lipinski definition) is 2. The van der Waals surface area contributed by atoms with Crippen molar-refractivity contribution in [2.45, 2.75) is 25.3 Å². The molecule has 2 rings (SSSR count). The number of nitrogens with two attached hydrogens (primary N) is 1. The van der Waals surface area contributed by atoms with Crippen molar-refractivity contribution in [3.63, 3.8) is 0 Å². The van der Waals surface area contributed by atoms with Crippen molar-refractivity contribution in [3.8, 4) is 0 Å². The summed E-state index contributed by atoms with van der Waals surface area (Å²) in [5, 5.41) is 3.27. The highest BCUT2D eigenvalue weighted by Gasteiger charge is 2.19. The molecule has 0 heterocycles. The normalized spacial score (nSPS) is 11.8. The van der Waals surface area contributed by atoms with Crippen molar-refractivity contribution in [1.29, 1.82) is 0 Å². The molecular formula is C18H18BrClN2O2. The van der Waals surface area contributed by atoms with Crippen LogP contribution >= 0.6 is 27.5 Å². The molecule has 24 heavy (non-hydrogen) atoms. The van der Waals surface area contributed by atoms with Crippen molar-refractivity contribution < 1.29 is 9.59 Å². The Balaban J connectivity index is 1.96. The monoisotopic (exact) mass is 408 g/mol. The first kappa shape index (κ1) is 18.5. The van der Waals surface area contributed by atoms with E-state index in [4.69, 9.17) is 17.3 Å². The van der Waals surface area contributed by atoms with Gasteiger partial charge in [-0.05, 0) is 35.7 Å². The first-order chi connectivity index (χ1) is 11.5. The van der Waals surface area contributed by atoms with Crippen LogP contribution in [0.2, 0.25) is 5.02 Å². The van der Waals surface area contributed by atoms with Gasteiger partial charge in [0, 0.05) is 22.3 Å². The summed E-state index contributed by atoms with van der Waals surface area (Å²) in [7, 11) is 0. The maximum absolute atomic E-state index is 12.1. The lowest BCUT2D eigenvalue weighted by atomic mass is 10.0. The van der Waals surface area contributed by atoms with Crippen LogP contribution in [0.25, 0.3) is 0 Å². The molecule has 3 N–H and O–H groups in total. The van der Waals surface area contributed by atoms with E-state index in [9.17, 15) is 9.59 Å². The van der Waals surface area contributed by atoms with Gasteiger partial charge in [-0.3, -0.25) is 9.59 Å². The van der Waals surface area contributed by atoms with E-state index in [1.807, 2.05) is 30.3 Å². The van der Waals surface area contributed by atoms with Crippen LogP contribution in [0.3, 0.4) is 0 Å². The molecule has 0 spiro atoms. The Morgan fingerprint density at radius 1 is 1.17 bits per heavy atom. The van der Waals surface area contributed by atoms with E-state index < -0.39 is 11.9 Å². The number of aryl methyl sites for hydroxylation is 1. The molecule has 0 aromatic heterocycles. The van der Waals surface area contributed by atoms with Gasteiger partial charge in [-0.25, -0.2) is 0 Å². The smallest absolute Gasteiger partial charge is 0.240 e. The van der Waals surface area contributed by atoms with Gasteiger partial charge in [-0.2, -0.15) is 0 Å². The second-order valence-corrected chi connectivity index (χ2v) is 6.74. The second kappa shape index (κ2) is 8.85. The molecule has 2 amide bonds. The van der Waals surface area contributed by atoms with Crippen LogP contribution in [0.4, 0.5) is 0 Å². The van der Waals surface area contributed by atoms with Gasteiger partial charge in [0.05, 0.1) is 0 Å². The van der Waals surface area contributed by atoms with Crippen LogP contribution in [-0.4, -0.2) is 17.9 Å². The SMILES string of the molecule is NC(=O)[C@@H](Cc1cc(Cl)ccc1Br)NC(=O)CCc1ccccc1. The highest BCUT2D eigenvalue weighted by molar-refractivity contribution is 9.10. The van der Waals surface area contributed by atoms with Gasteiger partial charge in [0.2, 0.25) is 11.8 Å². The van der Waals surface area contributed by atoms with E-state index in [0.29, 0.717) is 17.9 Å². The number of halogens is 2. The molecule has 0 aliphatic heterocycles. The summed E-state index contributed by atoms with van der Waals surface area (Å²) in [5.74, 6) is -0.782. The van der Waals surface area contributed by atoms with Crippen LogP contribution in [0.1, 0.15) is 17.5 Å². The Hall–Kier alpha value is -1.85. The topological polar surface area (TPSA) is 72.2 Å². The third kappa shape index (κ3) is 5.65. The predicted molar refractivity (Wildman–Crippen MR) is 98.7 cm³/mol. The molecule has 2 aromatic carbocycles. The molecule has 0 aliphatic carbocycles. The van der Waals surface area contributed by atoms with Gasteiger partial charge >= 0.3 is 0 Å². The molecule has 6 heteroatoms. The summed E-state index contributed by atoms with van der Waals surface area (Å²) in [6, 6.07) is 14.2. The Morgan fingerprint density at radius 3 is 2.54 bits per heavy atom. The number of carbonyl (C=O) groups is 2. The van der Waals surface area contributed by atoms with E-state index in [1.165, 1.54) is 0 Å². The zero-order valence-electron chi connectivity index (χ0n) is 13.0. The largest absolute Gasteiger partial charge is 0.368 e. The lowest BCUT2D eigenvalue weighted by Crippen LogP contribution is -2.46. The van der Waals surface area contributed by atoms with Gasteiger partial charge in [0.15, 0.2) is 0 Å². The zero-order valence-corrected chi connectivity index (χ0v) is 15.3. The third-order valence-corrected chi connectivity index (χ3v) is 4.60. The van der Waals surface area contributed by atoms with Gasteiger partial charge in [-0.1, -0.05) is 57.9 Å². The van der Waals surface area contributed by atoms with Crippen LogP contribution in [0, 0.1) is 0 Å². The number of carbonyl (C=O) groups excluding carboxylic acids is 2. The Bertz CT molecular complexity index is 722. The molecule has 0 bridgehead atoms. The summed E-state index contributed by atoms with van der Waals surface area (Å²) in [6.07, 6.45) is 1.19. The summed E-state index contributed by atoms with van der Waals surface area (Å²) in [4.78, 5) is 23.8. The minimum Gasteiger partial charge on any atom is -0.368 e. The number of hydrogen-bond acceptors (Lipinski definition) is 2. The van der Waals surface area contributed by atoms with Crippen LogP contribution in [0.5, 0.6) is 0 Å². The van der Waals surface area contributed by atoms with Crippen LogP contribution in [0.15, 0.2) is 53.0 Å². The summed E-state index contributed by atoms with van der Waals surface area (Å²) < 4.78 is 0.816. The molecule has 4 nitrogen and oxygen atoms in total. The van der Waals surface area contributed by atoms with Gasteiger partial charge in [-0.15, -0.1) is 0 Å². The Kier molecular flexibility index (Phi) is 6.82. The first-order valence-electron chi connectivity index (χ1n) is 7.52. The van der Waals surface area contributed by atoms with Gasteiger partial charge < -0.3 is 11.1 Å². The molecule has 0 saturated heterocycles. The maximum atomic E-state index is 12.1. The molecule has 0 unspecified atom stereocenters. The fourth-order valence-corrected chi connectivity index (χ4v) is 2.91.